The van der Waals surface area contributed by atoms with Gasteiger partial charge < -0.3 is 5.73 Å². The number of benzene rings is 2. The molecule has 0 unspecified atom stereocenters. The van der Waals surface area contributed by atoms with Crippen LogP contribution in [0.2, 0.25) is 0 Å². The molecule has 25 heavy (non-hydrogen) atoms. The van der Waals surface area contributed by atoms with E-state index >= 15 is 0 Å². The number of nitrogen functional groups attached to an aromatic ring is 1. The number of nitrogens with zero attached hydrogens (tertiary/aromatic N) is 1. The van der Waals surface area contributed by atoms with Crippen molar-refractivity contribution in [3.63, 3.8) is 0 Å². The molecule has 0 bridgehead atoms. The van der Waals surface area contributed by atoms with Gasteiger partial charge in [0.2, 0.25) is 0 Å². The number of aromatic nitrogens is 1. The Morgan fingerprint density at radius 3 is 2.24 bits per heavy atom. The van der Waals surface area contributed by atoms with Gasteiger partial charge in [0.25, 0.3) is 0 Å². The van der Waals surface area contributed by atoms with Gasteiger partial charge in [-0.05, 0) is 41.7 Å². The number of thiazole rings is 1. The van der Waals surface area contributed by atoms with E-state index in [2.05, 4.69) is 10.5 Å². The first-order chi connectivity index (χ1) is 12.1. The molecule has 0 saturated heterocycles. The molecule has 1 aromatic heterocycles. The summed E-state index contributed by atoms with van der Waals surface area (Å²) in [6.07, 6.45) is 2.58. The minimum atomic E-state index is -2.38. The van der Waals surface area contributed by atoms with Gasteiger partial charge in [0.1, 0.15) is 10.7 Å². The van der Waals surface area contributed by atoms with Crippen LogP contribution >= 0.6 is 11.3 Å². The van der Waals surface area contributed by atoms with Crippen molar-refractivity contribution in [1.82, 2.24) is 4.98 Å². The Balaban J connectivity index is 1.64. The number of nitrogens with two attached hydrogens (primary N) is 1. The molecule has 129 valence electrons. The molecule has 6 heteroatoms. The van der Waals surface area contributed by atoms with Crippen LogP contribution in [0, 0.1) is 5.51 Å². The third-order valence-electron chi connectivity index (χ3n) is 4.00. The third kappa shape index (κ3) is 5.14. The molecule has 0 saturated carbocycles. The maximum absolute atomic E-state index is 10.8. The summed E-state index contributed by atoms with van der Waals surface area (Å²) in [6.45, 7) is 0. The van der Waals surface area contributed by atoms with Crippen LogP contribution in [0.3, 0.4) is 0 Å². The number of aryl methyl sites for hydroxylation is 2. The molecule has 2 aromatic carbocycles. The van der Waals surface area contributed by atoms with Crippen molar-refractivity contribution in [2.24, 2.45) is 0 Å². The van der Waals surface area contributed by atoms with Gasteiger partial charge in [-0.15, -0.1) is 11.3 Å². The second kappa shape index (κ2) is 8.27. The lowest BCUT2D eigenvalue weighted by Crippen LogP contribution is -1.97. The van der Waals surface area contributed by atoms with E-state index in [1.165, 1.54) is 10.4 Å². The Bertz CT molecular complexity index is 890. The van der Waals surface area contributed by atoms with E-state index in [-0.39, 0.29) is 5.75 Å². The second-order valence-electron chi connectivity index (χ2n) is 5.90. The molecule has 1 radical (unpaired) electrons. The fourth-order valence-electron chi connectivity index (χ4n) is 2.63. The van der Waals surface area contributed by atoms with Gasteiger partial charge in [-0.1, -0.05) is 36.4 Å². The van der Waals surface area contributed by atoms with Crippen molar-refractivity contribution in [2.75, 3.05) is 5.73 Å². The Hall–Kier alpha value is -2.18. The van der Waals surface area contributed by atoms with E-state index < -0.39 is 10.7 Å². The number of thiol groups is 1. The molecule has 4 nitrogen and oxygen atoms in total. The zero-order chi connectivity index (χ0) is 17.6. The Morgan fingerprint density at radius 1 is 0.920 bits per heavy atom. The van der Waals surface area contributed by atoms with Crippen molar-refractivity contribution >= 4 is 27.7 Å². The average Bonchev–Trinajstić information content (AvgIpc) is 3.03. The highest BCUT2D eigenvalue weighted by Crippen LogP contribution is 2.20. The van der Waals surface area contributed by atoms with Crippen molar-refractivity contribution in [2.45, 2.75) is 25.0 Å². The van der Waals surface area contributed by atoms with Crippen molar-refractivity contribution < 1.29 is 8.42 Å². The normalized spacial score (nSPS) is 11.1. The first-order valence-corrected chi connectivity index (χ1v) is 10.2. The minimum absolute atomic E-state index is 0.0940. The Kier molecular flexibility index (Phi) is 5.83. The zero-order valence-corrected chi connectivity index (χ0v) is 15.4. The quantitative estimate of drug-likeness (QED) is 0.495. The van der Waals surface area contributed by atoms with Gasteiger partial charge in [-0.2, -0.15) is 0 Å². The van der Waals surface area contributed by atoms with Crippen LogP contribution < -0.4 is 5.73 Å². The SMILES string of the molecule is Nc1ccc(CCc2n[c]sc2Cc2ccc(C[SH](=O)=O)cc2)cc1. The molecule has 0 aliphatic carbocycles. The molecular weight excluding hydrogens is 352 g/mol. The van der Waals surface area contributed by atoms with Gasteiger partial charge in [-0.3, -0.25) is 0 Å². The van der Waals surface area contributed by atoms with Crippen molar-refractivity contribution in [3.8, 4) is 0 Å². The molecule has 0 spiro atoms. The molecule has 1 heterocycles. The van der Waals surface area contributed by atoms with Crippen LogP contribution in [-0.4, -0.2) is 13.4 Å². The highest BCUT2D eigenvalue weighted by atomic mass is 32.2. The molecule has 0 fully saturated rings. The van der Waals surface area contributed by atoms with Gasteiger partial charge in [0, 0.05) is 17.0 Å². The van der Waals surface area contributed by atoms with Crippen LogP contribution in [0.4, 0.5) is 5.69 Å². The lowest BCUT2D eigenvalue weighted by atomic mass is 10.0. The summed E-state index contributed by atoms with van der Waals surface area (Å²) in [6, 6.07) is 15.6. The summed E-state index contributed by atoms with van der Waals surface area (Å²) in [5, 5.41) is 0. The van der Waals surface area contributed by atoms with E-state index in [9.17, 15) is 8.42 Å². The van der Waals surface area contributed by atoms with E-state index in [0.29, 0.717) is 0 Å². The standard InChI is InChI=1S/C19H19N2O2S2/c20-17-8-5-14(6-9-17)7-10-18-19(24-13-21-18)11-15-1-3-16(4-2-15)12-25(22)23/h1-6,8-9,25H,7,10-12,20H2. The summed E-state index contributed by atoms with van der Waals surface area (Å²) in [7, 11) is -2.38. The number of hydrogen-bond donors (Lipinski definition) is 2. The molecule has 0 aliphatic heterocycles. The summed E-state index contributed by atoms with van der Waals surface area (Å²) >= 11 is 1.54. The van der Waals surface area contributed by atoms with Crippen molar-refractivity contribution in [3.05, 3.63) is 81.3 Å². The van der Waals surface area contributed by atoms with Crippen molar-refractivity contribution in [1.29, 1.82) is 0 Å². The molecule has 0 atom stereocenters. The molecule has 3 aromatic rings. The lowest BCUT2D eigenvalue weighted by molar-refractivity contribution is 0.614. The van der Waals surface area contributed by atoms with Crippen LogP contribution in [0.25, 0.3) is 0 Å². The smallest absolute Gasteiger partial charge is 0.152 e. The Morgan fingerprint density at radius 2 is 1.56 bits per heavy atom. The van der Waals surface area contributed by atoms with Gasteiger partial charge in [0.15, 0.2) is 5.51 Å². The number of anilines is 1. The Labute approximate surface area is 153 Å². The summed E-state index contributed by atoms with van der Waals surface area (Å²) < 4.78 is 21.6. The molecule has 2 N–H and O–H groups in total. The maximum Gasteiger partial charge on any atom is 0.152 e. The first-order valence-electron chi connectivity index (χ1n) is 7.99. The minimum Gasteiger partial charge on any atom is -0.399 e. The largest absolute Gasteiger partial charge is 0.399 e. The molecule has 0 amide bonds. The van der Waals surface area contributed by atoms with E-state index in [0.717, 1.165) is 41.8 Å². The topological polar surface area (TPSA) is 73.0 Å². The molecule has 3 rings (SSSR count). The van der Waals surface area contributed by atoms with Crippen LogP contribution in [0.5, 0.6) is 0 Å². The summed E-state index contributed by atoms with van der Waals surface area (Å²) in [5.74, 6) is 0.0940. The summed E-state index contributed by atoms with van der Waals surface area (Å²) in [5.41, 5.74) is 13.8. The zero-order valence-electron chi connectivity index (χ0n) is 13.6. The highest BCUT2D eigenvalue weighted by molar-refractivity contribution is 7.71. The predicted octanol–water partition coefficient (Wildman–Crippen LogP) is 3.01. The number of hydrogen-bond acceptors (Lipinski definition) is 5. The average molecular weight is 372 g/mol. The predicted molar refractivity (Wildman–Crippen MR) is 102 cm³/mol. The first kappa shape index (κ1) is 17.6. The fraction of sp³-hybridized carbons (Fsp3) is 0.211. The second-order valence-corrected chi connectivity index (χ2v) is 7.76. The van der Waals surface area contributed by atoms with Gasteiger partial charge >= 0.3 is 0 Å². The van der Waals surface area contributed by atoms with Gasteiger partial charge in [0.05, 0.1) is 11.4 Å². The number of rotatable bonds is 7. The van der Waals surface area contributed by atoms with E-state index in [1.54, 1.807) is 11.3 Å². The van der Waals surface area contributed by atoms with E-state index in [1.807, 2.05) is 48.5 Å². The lowest BCUT2D eigenvalue weighted by Gasteiger charge is -2.05. The monoisotopic (exact) mass is 371 g/mol. The fourth-order valence-corrected chi connectivity index (χ4v) is 3.91. The van der Waals surface area contributed by atoms with Gasteiger partial charge in [-0.25, -0.2) is 13.4 Å². The van der Waals surface area contributed by atoms with Crippen LogP contribution in [0.1, 0.15) is 27.3 Å². The van der Waals surface area contributed by atoms with Crippen LogP contribution in [0.15, 0.2) is 48.5 Å². The molecular formula is C19H19N2O2S2. The van der Waals surface area contributed by atoms with E-state index in [4.69, 9.17) is 5.73 Å². The summed E-state index contributed by atoms with van der Waals surface area (Å²) in [4.78, 5) is 5.60. The maximum atomic E-state index is 10.8. The molecule has 0 aliphatic rings. The third-order valence-corrected chi connectivity index (χ3v) is 5.43. The highest BCUT2D eigenvalue weighted by Gasteiger charge is 2.08. The van der Waals surface area contributed by atoms with Crippen LogP contribution in [-0.2, 0) is 35.7 Å².